The summed E-state index contributed by atoms with van der Waals surface area (Å²) in [5.74, 6) is 2.53. The third-order valence-corrected chi connectivity index (χ3v) is 6.10. The summed E-state index contributed by atoms with van der Waals surface area (Å²) in [6.45, 7) is 0. The topological polar surface area (TPSA) is 9.23 Å². The quantitative estimate of drug-likeness (QED) is 0.497. The van der Waals surface area contributed by atoms with Gasteiger partial charge < -0.3 is 4.18 Å². The molecule has 2 aliphatic heterocycles. The fraction of sp³-hybridized carbons (Fsp3) is 1.00. The summed E-state index contributed by atoms with van der Waals surface area (Å²) in [6, 6.07) is 0. The molecule has 70 valence electrons. The van der Waals surface area contributed by atoms with E-state index in [0.29, 0.717) is 6.10 Å². The van der Waals surface area contributed by atoms with Gasteiger partial charge >= 0.3 is 0 Å². The summed E-state index contributed by atoms with van der Waals surface area (Å²) in [4.78, 5) is 0. The Bertz CT molecular complexity index is 114. The predicted molar refractivity (Wildman–Crippen MR) is 59.6 cm³/mol. The molecule has 2 heterocycles. The van der Waals surface area contributed by atoms with Gasteiger partial charge in [0.25, 0.3) is 0 Å². The molecule has 2 unspecified atom stereocenters. The van der Waals surface area contributed by atoms with E-state index in [1.807, 2.05) is 21.6 Å². The van der Waals surface area contributed by atoms with Gasteiger partial charge in [-0.3, -0.25) is 0 Å². The average molecular weight is 222 g/mol. The lowest BCUT2D eigenvalue weighted by Gasteiger charge is -2.30. The Labute approximate surface area is 86.4 Å². The number of hydrogen-bond donors (Lipinski definition) is 0. The first kappa shape index (κ1) is 9.56. The molecule has 4 heteroatoms. The first-order valence-electron chi connectivity index (χ1n) is 4.53. The Hall–Kier alpha value is 1.01. The lowest BCUT2D eigenvalue weighted by molar-refractivity contribution is 0.207. The summed E-state index contributed by atoms with van der Waals surface area (Å²) in [5, 5.41) is 0.775. The average Bonchev–Trinajstić information content (AvgIpc) is 2.21. The van der Waals surface area contributed by atoms with E-state index < -0.39 is 0 Å². The second kappa shape index (κ2) is 5.03. The minimum atomic E-state index is 0.543. The molecule has 2 saturated heterocycles. The minimum Gasteiger partial charge on any atom is -0.311 e. The lowest BCUT2D eigenvalue weighted by atomic mass is 10.1. The zero-order chi connectivity index (χ0) is 8.23. The fourth-order valence-corrected chi connectivity index (χ4v) is 5.37. The van der Waals surface area contributed by atoms with Crippen molar-refractivity contribution in [2.24, 2.45) is 0 Å². The smallest absolute Gasteiger partial charge is 0.0849 e. The van der Waals surface area contributed by atoms with Crippen molar-refractivity contribution >= 4 is 33.6 Å². The maximum Gasteiger partial charge on any atom is 0.0849 e. The summed E-state index contributed by atoms with van der Waals surface area (Å²) >= 11 is 1.67. The van der Waals surface area contributed by atoms with Crippen molar-refractivity contribution in [3.05, 3.63) is 0 Å². The van der Waals surface area contributed by atoms with Crippen LogP contribution in [-0.2, 0) is 4.18 Å². The van der Waals surface area contributed by atoms with Gasteiger partial charge in [0.05, 0.1) is 6.10 Å². The Kier molecular flexibility index (Phi) is 4.01. The lowest BCUT2D eigenvalue weighted by Crippen LogP contribution is -2.28. The Morgan fingerprint density at radius 1 is 1.08 bits per heavy atom. The zero-order valence-corrected chi connectivity index (χ0v) is 9.48. The van der Waals surface area contributed by atoms with Gasteiger partial charge in [-0.15, -0.1) is 0 Å². The summed E-state index contributed by atoms with van der Waals surface area (Å²) < 4.78 is 5.70. The summed E-state index contributed by atoms with van der Waals surface area (Å²) in [6.07, 6.45) is 5.92. The summed E-state index contributed by atoms with van der Waals surface area (Å²) in [5.41, 5.74) is 0. The van der Waals surface area contributed by atoms with Gasteiger partial charge in [0.2, 0.25) is 0 Å². The molecule has 0 aliphatic carbocycles. The Balaban J connectivity index is 1.80. The molecule has 0 saturated carbocycles. The highest BCUT2D eigenvalue weighted by Gasteiger charge is 2.27. The molecule has 1 nitrogen and oxygen atoms in total. The van der Waals surface area contributed by atoms with Gasteiger partial charge in [0.1, 0.15) is 0 Å². The van der Waals surface area contributed by atoms with Gasteiger partial charge in [0, 0.05) is 16.8 Å². The van der Waals surface area contributed by atoms with Crippen molar-refractivity contribution in [1.82, 2.24) is 0 Å². The van der Waals surface area contributed by atoms with Gasteiger partial charge in [-0.05, 0) is 37.7 Å². The maximum absolute atomic E-state index is 5.70. The van der Waals surface area contributed by atoms with Gasteiger partial charge in [0.15, 0.2) is 0 Å². The zero-order valence-electron chi connectivity index (χ0n) is 7.03. The molecule has 0 aromatic carbocycles. The number of rotatable bonds is 1. The molecule has 0 aromatic heterocycles. The second-order valence-electron chi connectivity index (χ2n) is 3.20. The van der Waals surface area contributed by atoms with Crippen LogP contribution < -0.4 is 0 Å². The monoisotopic (exact) mass is 222 g/mol. The van der Waals surface area contributed by atoms with E-state index in [4.69, 9.17) is 4.18 Å². The minimum absolute atomic E-state index is 0.543. The molecule has 2 rings (SSSR count). The molecule has 0 aromatic rings. The second-order valence-corrected chi connectivity index (χ2v) is 6.76. The first-order chi connectivity index (χ1) is 5.97. The van der Waals surface area contributed by atoms with Crippen LogP contribution in [-0.4, -0.2) is 22.9 Å². The van der Waals surface area contributed by atoms with Crippen molar-refractivity contribution in [2.75, 3.05) is 11.5 Å². The van der Waals surface area contributed by atoms with Crippen LogP contribution in [0, 0.1) is 0 Å². The van der Waals surface area contributed by atoms with Crippen LogP contribution in [0.25, 0.3) is 0 Å². The predicted octanol–water partition coefficient (Wildman–Crippen LogP) is 3.36. The third-order valence-electron chi connectivity index (χ3n) is 2.23. The Morgan fingerprint density at radius 2 is 2.00 bits per heavy atom. The van der Waals surface area contributed by atoms with E-state index in [9.17, 15) is 0 Å². The molecule has 2 fully saturated rings. The molecular weight excluding hydrogens is 208 g/mol. The van der Waals surface area contributed by atoms with Crippen LogP contribution in [0.4, 0.5) is 0 Å². The van der Waals surface area contributed by atoms with E-state index in [2.05, 4.69) is 0 Å². The molecule has 0 N–H and O–H groups in total. The number of hydrogen-bond acceptors (Lipinski definition) is 4. The van der Waals surface area contributed by atoms with Crippen LogP contribution >= 0.6 is 33.6 Å². The highest BCUT2D eigenvalue weighted by Crippen LogP contribution is 2.41. The van der Waals surface area contributed by atoms with Crippen LogP contribution in [0.3, 0.4) is 0 Å². The SMILES string of the molecule is C1CSOC(C2CCCSS2)C1. The van der Waals surface area contributed by atoms with Crippen molar-refractivity contribution < 1.29 is 4.18 Å². The van der Waals surface area contributed by atoms with E-state index >= 15 is 0 Å². The van der Waals surface area contributed by atoms with Gasteiger partial charge in [-0.2, -0.15) is 0 Å². The normalized spacial score (nSPS) is 38.0. The van der Waals surface area contributed by atoms with E-state index in [1.165, 1.54) is 37.2 Å². The van der Waals surface area contributed by atoms with E-state index in [-0.39, 0.29) is 0 Å². The first-order valence-corrected chi connectivity index (χ1v) is 7.82. The van der Waals surface area contributed by atoms with Gasteiger partial charge in [-0.25, -0.2) is 0 Å². The molecule has 0 amide bonds. The van der Waals surface area contributed by atoms with Crippen molar-refractivity contribution in [2.45, 2.75) is 37.0 Å². The highest BCUT2D eigenvalue weighted by atomic mass is 33.1. The van der Waals surface area contributed by atoms with Crippen LogP contribution in [0.5, 0.6) is 0 Å². The largest absolute Gasteiger partial charge is 0.311 e. The molecule has 2 atom stereocenters. The van der Waals surface area contributed by atoms with Gasteiger partial charge in [-0.1, -0.05) is 21.6 Å². The Morgan fingerprint density at radius 3 is 2.67 bits per heavy atom. The van der Waals surface area contributed by atoms with Crippen LogP contribution in [0.15, 0.2) is 0 Å². The van der Waals surface area contributed by atoms with Crippen molar-refractivity contribution in [3.8, 4) is 0 Å². The van der Waals surface area contributed by atoms with E-state index in [0.717, 1.165) is 5.25 Å². The van der Waals surface area contributed by atoms with Crippen molar-refractivity contribution in [1.29, 1.82) is 0 Å². The standard InChI is InChI=1S/C8H14OS3/c1-3-7(9-10-5-1)8-4-2-6-11-12-8/h7-8H,1-6H2. The maximum atomic E-state index is 5.70. The molecule has 12 heavy (non-hydrogen) atoms. The van der Waals surface area contributed by atoms with Crippen molar-refractivity contribution in [3.63, 3.8) is 0 Å². The summed E-state index contributed by atoms with van der Waals surface area (Å²) in [7, 11) is 4.07. The van der Waals surface area contributed by atoms with E-state index in [1.54, 1.807) is 12.0 Å². The molecule has 0 radical (unpaired) electrons. The van der Waals surface area contributed by atoms with Crippen LogP contribution in [0.2, 0.25) is 0 Å². The molecule has 0 bridgehead atoms. The fourth-order valence-electron chi connectivity index (χ4n) is 1.55. The highest BCUT2D eigenvalue weighted by molar-refractivity contribution is 8.77. The molecule has 0 spiro atoms. The van der Waals surface area contributed by atoms with Crippen LogP contribution in [0.1, 0.15) is 25.7 Å². The third kappa shape index (κ3) is 2.50. The molecular formula is C8H14OS3. The molecule has 2 aliphatic rings.